The Labute approximate surface area is 114 Å². The third-order valence-electron chi connectivity index (χ3n) is 2.64. The van der Waals surface area contributed by atoms with E-state index in [-0.39, 0.29) is 6.61 Å². The topological polar surface area (TPSA) is 41.5 Å². The summed E-state index contributed by atoms with van der Waals surface area (Å²) in [6.07, 6.45) is 2.75. The Bertz CT molecular complexity index is 345. The molecule has 0 saturated heterocycles. The van der Waals surface area contributed by atoms with Gasteiger partial charge in [-0.2, -0.15) is 0 Å². The molecular weight excluding hydrogens is 250 g/mol. The van der Waals surface area contributed by atoms with E-state index in [9.17, 15) is 0 Å². The van der Waals surface area contributed by atoms with Crippen molar-refractivity contribution in [2.45, 2.75) is 32.7 Å². The van der Waals surface area contributed by atoms with E-state index in [1.165, 1.54) is 0 Å². The molecule has 0 bridgehead atoms. The van der Waals surface area contributed by atoms with Crippen LogP contribution in [0.25, 0.3) is 0 Å². The van der Waals surface area contributed by atoms with Crippen molar-refractivity contribution in [2.24, 2.45) is 0 Å². The summed E-state index contributed by atoms with van der Waals surface area (Å²) < 4.78 is 5.61. The molecule has 1 aromatic rings. The molecule has 0 saturated carbocycles. The smallest absolute Gasteiger partial charge is 0.137 e. The van der Waals surface area contributed by atoms with Crippen LogP contribution in [0.2, 0.25) is 5.02 Å². The van der Waals surface area contributed by atoms with Crippen molar-refractivity contribution in [2.75, 3.05) is 19.8 Å². The van der Waals surface area contributed by atoms with Gasteiger partial charge in [0.2, 0.25) is 0 Å². The minimum absolute atomic E-state index is 0.250. The number of aliphatic hydroxyl groups excluding tert-OH is 1. The van der Waals surface area contributed by atoms with E-state index >= 15 is 0 Å². The van der Waals surface area contributed by atoms with Crippen LogP contribution < -0.4 is 10.1 Å². The maximum atomic E-state index is 8.66. The number of benzene rings is 1. The molecule has 2 N–H and O–H groups in total. The summed E-state index contributed by atoms with van der Waals surface area (Å²) in [6, 6.07) is 5.88. The Morgan fingerprint density at radius 3 is 2.78 bits per heavy atom. The first-order valence-electron chi connectivity index (χ1n) is 6.50. The summed E-state index contributed by atoms with van der Waals surface area (Å²) in [7, 11) is 0. The molecule has 0 atom stereocenters. The number of nitrogens with one attached hydrogen (secondary N) is 1. The van der Waals surface area contributed by atoms with Crippen LogP contribution in [0.4, 0.5) is 0 Å². The SMILES string of the molecule is CCNCc1ccc(OCCCCCO)c(Cl)c1. The first-order valence-corrected chi connectivity index (χ1v) is 6.88. The van der Waals surface area contributed by atoms with Gasteiger partial charge in [0, 0.05) is 13.2 Å². The summed E-state index contributed by atoms with van der Waals surface area (Å²) >= 11 is 6.16. The molecule has 0 aliphatic rings. The minimum Gasteiger partial charge on any atom is -0.492 e. The average Bonchev–Trinajstić information content (AvgIpc) is 2.38. The molecule has 0 aromatic heterocycles. The van der Waals surface area contributed by atoms with E-state index < -0.39 is 0 Å². The highest BCUT2D eigenvalue weighted by molar-refractivity contribution is 6.32. The van der Waals surface area contributed by atoms with Crippen LogP contribution in [0.5, 0.6) is 5.75 Å². The van der Waals surface area contributed by atoms with E-state index in [1.54, 1.807) is 0 Å². The summed E-state index contributed by atoms with van der Waals surface area (Å²) in [5.41, 5.74) is 1.16. The van der Waals surface area contributed by atoms with Crippen LogP contribution in [0.1, 0.15) is 31.7 Å². The van der Waals surface area contributed by atoms with Gasteiger partial charge >= 0.3 is 0 Å². The second-order valence-electron chi connectivity index (χ2n) is 4.18. The van der Waals surface area contributed by atoms with Crippen LogP contribution in [0.3, 0.4) is 0 Å². The molecular formula is C14H22ClNO2. The maximum absolute atomic E-state index is 8.66. The molecule has 0 heterocycles. The van der Waals surface area contributed by atoms with Gasteiger partial charge < -0.3 is 15.2 Å². The number of hydrogen-bond donors (Lipinski definition) is 2. The highest BCUT2D eigenvalue weighted by Crippen LogP contribution is 2.25. The highest BCUT2D eigenvalue weighted by Gasteiger charge is 2.02. The fourth-order valence-electron chi connectivity index (χ4n) is 1.61. The zero-order valence-corrected chi connectivity index (χ0v) is 11.7. The van der Waals surface area contributed by atoms with Crippen LogP contribution in [0, 0.1) is 0 Å². The van der Waals surface area contributed by atoms with Crippen molar-refractivity contribution in [3.63, 3.8) is 0 Å². The monoisotopic (exact) mass is 271 g/mol. The Morgan fingerprint density at radius 1 is 1.28 bits per heavy atom. The predicted molar refractivity (Wildman–Crippen MR) is 75.3 cm³/mol. The quantitative estimate of drug-likeness (QED) is 0.679. The van der Waals surface area contributed by atoms with Gasteiger partial charge in [-0.3, -0.25) is 0 Å². The fourth-order valence-corrected chi connectivity index (χ4v) is 1.87. The second kappa shape index (κ2) is 9.20. The van der Waals surface area contributed by atoms with Gasteiger partial charge in [0.15, 0.2) is 0 Å². The van der Waals surface area contributed by atoms with Crippen LogP contribution >= 0.6 is 11.6 Å². The fraction of sp³-hybridized carbons (Fsp3) is 0.571. The first kappa shape index (κ1) is 15.3. The molecule has 0 amide bonds. The summed E-state index contributed by atoms with van der Waals surface area (Å²) in [4.78, 5) is 0. The van der Waals surface area contributed by atoms with Gasteiger partial charge in [-0.05, 0) is 43.5 Å². The molecule has 0 spiro atoms. The summed E-state index contributed by atoms with van der Waals surface area (Å²) in [5, 5.41) is 12.6. The normalized spacial score (nSPS) is 10.6. The Hall–Kier alpha value is -0.770. The van der Waals surface area contributed by atoms with Gasteiger partial charge in [0.05, 0.1) is 11.6 Å². The lowest BCUT2D eigenvalue weighted by Gasteiger charge is -2.09. The van der Waals surface area contributed by atoms with E-state index in [1.807, 2.05) is 18.2 Å². The molecule has 0 unspecified atom stereocenters. The second-order valence-corrected chi connectivity index (χ2v) is 4.59. The Kier molecular flexibility index (Phi) is 7.81. The van der Waals surface area contributed by atoms with Gasteiger partial charge in [-0.25, -0.2) is 0 Å². The molecule has 1 aromatic carbocycles. The predicted octanol–water partition coefficient (Wildman–Crippen LogP) is 2.99. The average molecular weight is 272 g/mol. The van der Waals surface area contributed by atoms with Crippen LogP contribution in [-0.2, 0) is 6.54 Å². The van der Waals surface area contributed by atoms with Crippen molar-refractivity contribution < 1.29 is 9.84 Å². The van der Waals surface area contributed by atoms with E-state index in [4.69, 9.17) is 21.4 Å². The molecule has 3 nitrogen and oxygen atoms in total. The van der Waals surface area contributed by atoms with Gasteiger partial charge in [0.25, 0.3) is 0 Å². The van der Waals surface area contributed by atoms with Crippen molar-refractivity contribution >= 4 is 11.6 Å². The van der Waals surface area contributed by atoms with Crippen LogP contribution in [-0.4, -0.2) is 24.9 Å². The van der Waals surface area contributed by atoms with E-state index in [0.717, 1.165) is 43.7 Å². The number of aliphatic hydroxyl groups is 1. The molecule has 0 aliphatic carbocycles. The van der Waals surface area contributed by atoms with Gasteiger partial charge in [-0.1, -0.05) is 24.6 Å². The lowest BCUT2D eigenvalue weighted by molar-refractivity contribution is 0.266. The van der Waals surface area contributed by atoms with Gasteiger partial charge in [0.1, 0.15) is 5.75 Å². The molecule has 0 radical (unpaired) electrons. The zero-order valence-electron chi connectivity index (χ0n) is 10.9. The molecule has 1 rings (SSSR count). The molecule has 0 fully saturated rings. The number of hydrogen-bond acceptors (Lipinski definition) is 3. The standard InChI is InChI=1S/C14H22ClNO2/c1-2-16-11-12-6-7-14(13(15)10-12)18-9-5-3-4-8-17/h6-7,10,16-17H,2-5,8-9,11H2,1H3. The van der Waals surface area contributed by atoms with E-state index in [0.29, 0.717) is 11.6 Å². The Balaban J connectivity index is 2.37. The van der Waals surface area contributed by atoms with Gasteiger partial charge in [-0.15, -0.1) is 0 Å². The highest BCUT2D eigenvalue weighted by atomic mass is 35.5. The summed E-state index contributed by atoms with van der Waals surface area (Å²) in [6.45, 7) is 4.74. The maximum Gasteiger partial charge on any atom is 0.137 e. The molecule has 18 heavy (non-hydrogen) atoms. The zero-order chi connectivity index (χ0) is 13.2. The van der Waals surface area contributed by atoms with E-state index in [2.05, 4.69) is 12.2 Å². The third-order valence-corrected chi connectivity index (χ3v) is 2.93. The number of rotatable bonds is 9. The van der Waals surface area contributed by atoms with Crippen LogP contribution in [0.15, 0.2) is 18.2 Å². The molecule has 4 heteroatoms. The first-order chi connectivity index (χ1) is 8.77. The number of ether oxygens (including phenoxy) is 1. The third kappa shape index (κ3) is 5.71. The molecule has 102 valence electrons. The summed E-state index contributed by atoms with van der Waals surface area (Å²) in [5.74, 6) is 0.737. The van der Waals surface area contributed by atoms with Crippen molar-refractivity contribution in [3.05, 3.63) is 28.8 Å². The number of halogens is 1. The van der Waals surface area contributed by atoms with Crippen molar-refractivity contribution in [1.82, 2.24) is 5.32 Å². The Morgan fingerprint density at radius 2 is 2.11 bits per heavy atom. The lowest BCUT2D eigenvalue weighted by Crippen LogP contribution is -2.11. The molecule has 0 aliphatic heterocycles. The largest absolute Gasteiger partial charge is 0.492 e. The number of unbranched alkanes of at least 4 members (excludes halogenated alkanes) is 2. The van der Waals surface area contributed by atoms with Crippen molar-refractivity contribution in [1.29, 1.82) is 0 Å². The minimum atomic E-state index is 0.250. The van der Waals surface area contributed by atoms with Crippen molar-refractivity contribution in [3.8, 4) is 5.75 Å². The lowest BCUT2D eigenvalue weighted by atomic mass is 10.2.